The van der Waals surface area contributed by atoms with Crippen molar-refractivity contribution < 1.29 is 10.2 Å². The van der Waals surface area contributed by atoms with Crippen LogP contribution in [-0.2, 0) is 0 Å². The standard InChI is InChI=1S/C18H39NO2/c1-2-3-4-5-6-7-8-9-10-11-12-13-14-15-18(21)19-16-17-20/h18-21H,2-17H2,1H3. The van der Waals surface area contributed by atoms with Gasteiger partial charge in [-0.25, -0.2) is 0 Å². The van der Waals surface area contributed by atoms with Gasteiger partial charge in [-0.15, -0.1) is 0 Å². The molecule has 0 aliphatic rings. The first kappa shape index (κ1) is 20.9. The average Bonchev–Trinajstić information content (AvgIpc) is 2.49. The molecule has 3 heteroatoms. The molecule has 0 radical (unpaired) electrons. The largest absolute Gasteiger partial charge is 0.395 e. The topological polar surface area (TPSA) is 52.5 Å². The molecule has 1 unspecified atom stereocenters. The number of rotatable bonds is 17. The van der Waals surface area contributed by atoms with Crippen LogP contribution >= 0.6 is 0 Å². The first-order valence-corrected chi connectivity index (χ1v) is 9.33. The summed E-state index contributed by atoms with van der Waals surface area (Å²) < 4.78 is 0. The first-order chi connectivity index (χ1) is 10.3. The summed E-state index contributed by atoms with van der Waals surface area (Å²) in [6, 6.07) is 0. The SMILES string of the molecule is CCCCCCCCCCCCCCCC(O)NCCO. The van der Waals surface area contributed by atoms with Gasteiger partial charge in [-0.2, -0.15) is 0 Å². The van der Waals surface area contributed by atoms with E-state index in [1.807, 2.05) is 0 Å². The van der Waals surface area contributed by atoms with Crippen LogP contribution in [-0.4, -0.2) is 29.6 Å². The summed E-state index contributed by atoms with van der Waals surface area (Å²) in [5.74, 6) is 0. The van der Waals surface area contributed by atoms with Crippen LogP contribution in [0.25, 0.3) is 0 Å². The maximum Gasteiger partial charge on any atom is 0.104 e. The molecular formula is C18H39NO2. The lowest BCUT2D eigenvalue weighted by atomic mass is 10.0. The van der Waals surface area contributed by atoms with E-state index in [-0.39, 0.29) is 6.61 Å². The zero-order valence-corrected chi connectivity index (χ0v) is 14.3. The Morgan fingerprint density at radius 1 is 0.714 bits per heavy atom. The van der Waals surface area contributed by atoms with Crippen molar-refractivity contribution in [2.75, 3.05) is 13.2 Å². The molecule has 1 atom stereocenters. The molecule has 21 heavy (non-hydrogen) atoms. The molecule has 0 aliphatic carbocycles. The second-order valence-electron chi connectivity index (χ2n) is 6.22. The number of aliphatic hydroxyl groups excluding tert-OH is 2. The fourth-order valence-corrected chi connectivity index (χ4v) is 2.69. The molecule has 0 saturated carbocycles. The predicted octanol–water partition coefficient (Wildman–Crippen LogP) is 4.37. The van der Waals surface area contributed by atoms with Crippen LogP contribution in [0.4, 0.5) is 0 Å². The highest BCUT2D eigenvalue weighted by Crippen LogP contribution is 2.13. The van der Waals surface area contributed by atoms with Gasteiger partial charge in [-0.3, -0.25) is 5.32 Å². The van der Waals surface area contributed by atoms with Gasteiger partial charge >= 0.3 is 0 Å². The Labute approximate surface area is 132 Å². The van der Waals surface area contributed by atoms with E-state index in [0.29, 0.717) is 6.54 Å². The van der Waals surface area contributed by atoms with Crippen LogP contribution in [0.15, 0.2) is 0 Å². The highest BCUT2D eigenvalue weighted by Gasteiger charge is 2.01. The quantitative estimate of drug-likeness (QED) is 0.276. The first-order valence-electron chi connectivity index (χ1n) is 9.33. The molecule has 0 aromatic carbocycles. The van der Waals surface area contributed by atoms with E-state index < -0.39 is 6.23 Å². The molecule has 0 aliphatic heterocycles. The molecule has 0 fully saturated rings. The molecular weight excluding hydrogens is 262 g/mol. The third-order valence-electron chi connectivity index (χ3n) is 4.07. The Kier molecular flexibility index (Phi) is 17.8. The van der Waals surface area contributed by atoms with Gasteiger partial charge in [0, 0.05) is 6.54 Å². The minimum atomic E-state index is -0.440. The molecule has 0 amide bonds. The zero-order chi connectivity index (χ0) is 15.6. The van der Waals surface area contributed by atoms with Crippen LogP contribution in [0.5, 0.6) is 0 Å². The van der Waals surface area contributed by atoms with Crippen molar-refractivity contribution in [3.8, 4) is 0 Å². The van der Waals surface area contributed by atoms with Crippen molar-refractivity contribution in [2.24, 2.45) is 0 Å². The monoisotopic (exact) mass is 301 g/mol. The molecule has 0 heterocycles. The van der Waals surface area contributed by atoms with Gasteiger partial charge in [0.25, 0.3) is 0 Å². The molecule has 0 saturated heterocycles. The van der Waals surface area contributed by atoms with Crippen LogP contribution in [0.1, 0.15) is 96.8 Å². The van der Waals surface area contributed by atoms with Crippen molar-refractivity contribution in [3.05, 3.63) is 0 Å². The summed E-state index contributed by atoms with van der Waals surface area (Å²) in [6.07, 6.45) is 17.9. The molecule has 0 bridgehead atoms. The summed E-state index contributed by atoms with van der Waals surface area (Å²) in [4.78, 5) is 0. The Balaban J connectivity index is 3.02. The Bertz CT molecular complexity index is 188. The average molecular weight is 302 g/mol. The van der Waals surface area contributed by atoms with Crippen molar-refractivity contribution in [1.82, 2.24) is 5.32 Å². The summed E-state index contributed by atoms with van der Waals surface area (Å²) in [5.41, 5.74) is 0. The van der Waals surface area contributed by atoms with E-state index in [0.717, 1.165) is 12.8 Å². The molecule has 0 spiro atoms. The minimum absolute atomic E-state index is 0.0929. The third-order valence-corrected chi connectivity index (χ3v) is 4.07. The Morgan fingerprint density at radius 3 is 1.57 bits per heavy atom. The molecule has 0 rings (SSSR count). The van der Waals surface area contributed by atoms with Crippen molar-refractivity contribution in [2.45, 2.75) is 103 Å². The summed E-state index contributed by atoms with van der Waals surface area (Å²) in [6.45, 7) is 2.85. The Morgan fingerprint density at radius 2 is 1.14 bits per heavy atom. The highest BCUT2D eigenvalue weighted by molar-refractivity contribution is 4.54. The van der Waals surface area contributed by atoms with Gasteiger partial charge < -0.3 is 10.2 Å². The van der Waals surface area contributed by atoms with Gasteiger partial charge in [0.2, 0.25) is 0 Å². The van der Waals surface area contributed by atoms with Gasteiger partial charge in [0.05, 0.1) is 6.61 Å². The van der Waals surface area contributed by atoms with Crippen molar-refractivity contribution in [1.29, 1.82) is 0 Å². The third kappa shape index (κ3) is 17.8. The second-order valence-corrected chi connectivity index (χ2v) is 6.22. The summed E-state index contributed by atoms with van der Waals surface area (Å²) in [7, 11) is 0. The molecule has 3 nitrogen and oxygen atoms in total. The molecule has 3 N–H and O–H groups in total. The smallest absolute Gasteiger partial charge is 0.104 e. The van der Waals surface area contributed by atoms with E-state index in [9.17, 15) is 5.11 Å². The number of hydrogen-bond acceptors (Lipinski definition) is 3. The number of aliphatic hydroxyl groups is 2. The lowest BCUT2D eigenvalue weighted by Gasteiger charge is -2.11. The summed E-state index contributed by atoms with van der Waals surface area (Å²) >= 11 is 0. The lowest BCUT2D eigenvalue weighted by molar-refractivity contribution is 0.116. The number of unbranched alkanes of at least 4 members (excludes halogenated alkanes) is 12. The number of hydrogen-bond donors (Lipinski definition) is 3. The van der Waals surface area contributed by atoms with Gasteiger partial charge in [0.15, 0.2) is 0 Å². The van der Waals surface area contributed by atoms with E-state index >= 15 is 0 Å². The normalized spacial score (nSPS) is 12.7. The van der Waals surface area contributed by atoms with E-state index in [4.69, 9.17) is 5.11 Å². The predicted molar refractivity (Wildman–Crippen MR) is 91.4 cm³/mol. The highest BCUT2D eigenvalue weighted by atomic mass is 16.3. The fourth-order valence-electron chi connectivity index (χ4n) is 2.69. The van der Waals surface area contributed by atoms with E-state index in [2.05, 4.69) is 12.2 Å². The lowest BCUT2D eigenvalue weighted by Crippen LogP contribution is -2.30. The van der Waals surface area contributed by atoms with Crippen LogP contribution in [0.3, 0.4) is 0 Å². The van der Waals surface area contributed by atoms with Crippen molar-refractivity contribution in [3.63, 3.8) is 0 Å². The maximum absolute atomic E-state index is 9.54. The summed E-state index contributed by atoms with van der Waals surface area (Å²) in [5, 5.41) is 21.0. The molecule has 0 aromatic heterocycles. The maximum atomic E-state index is 9.54. The fraction of sp³-hybridized carbons (Fsp3) is 1.00. The van der Waals surface area contributed by atoms with Crippen LogP contribution in [0.2, 0.25) is 0 Å². The van der Waals surface area contributed by atoms with Gasteiger partial charge in [-0.1, -0.05) is 84.0 Å². The van der Waals surface area contributed by atoms with Gasteiger partial charge in [0.1, 0.15) is 6.23 Å². The number of nitrogens with one attached hydrogen (secondary N) is 1. The Hall–Kier alpha value is -0.120. The molecule has 128 valence electrons. The minimum Gasteiger partial charge on any atom is -0.395 e. The van der Waals surface area contributed by atoms with Crippen LogP contribution < -0.4 is 5.32 Å². The van der Waals surface area contributed by atoms with Crippen LogP contribution in [0, 0.1) is 0 Å². The van der Waals surface area contributed by atoms with E-state index in [1.54, 1.807) is 0 Å². The zero-order valence-electron chi connectivity index (χ0n) is 14.3. The second kappa shape index (κ2) is 17.9. The van der Waals surface area contributed by atoms with Gasteiger partial charge in [-0.05, 0) is 12.8 Å². The molecule has 0 aromatic rings. The van der Waals surface area contributed by atoms with E-state index in [1.165, 1.54) is 77.0 Å². The van der Waals surface area contributed by atoms with Crippen molar-refractivity contribution >= 4 is 0 Å².